The molecule has 20 heavy (non-hydrogen) atoms. The fourth-order valence-electron chi connectivity index (χ4n) is 1.59. The van der Waals surface area contributed by atoms with E-state index in [2.05, 4.69) is 15.8 Å². The van der Waals surface area contributed by atoms with Crippen LogP contribution in [0.15, 0.2) is 23.3 Å². The molecule has 2 N–H and O–H groups in total. The van der Waals surface area contributed by atoms with Gasteiger partial charge in [0, 0.05) is 17.7 Å². The van der Waals surface area contributed by atoms with Gasteiger partial charge < -0.3 is 14.8 Å². The van der Waals surface area contributed by atoms with Gasteiger partial charge in [0.2, 0.25) is 0 Å². The van der Waals surface area contributed by atoms with Gasteiger partial charge in [-0.2, -0.15) is 5.10 Å². The molecule has 0 aliphatic heterocycles. The number of hydrogen-bond acceptors (Lipinski definition) is 4. The third kappa shape index (κ3) is 4.70. The first-order valence-corrected chi connectivity index (χ1v) is 6.72. The molecule has 0 aromatic heterocycles. The van der Waals surface area contributed by atoms with E-state index in [-0.39, 0.29) is 6.04 Å². The molecule has 5 nitrogen and oxygen atoms in total. The lowest BCUT2D eigenvalue weighted by molar-refractivity contribution is 0.394. The Balaban J connectivity index is 2.85. The number of benzene rings is 1. The molecule has 0 saturated carbocycles. The van der Waals surface area contributed by atoms with Crippen LogP contribution in [0.3, 0.4) is 0 Å². The molecule has 0 saturated heterocycles. The predicted octanol–water partition coefficient (Wildman–Crippen LogP) is 2.30. The highest BCUT2D eigenvalue weighted by atomic mass is 32.1. The highest BCUT2D eigenvalue weighted by molar-refractivity contribution is 7.80. The SMILES string of the molecule is COc1ccc(C(C)=NNC(=S)NC(C)C)c(OC)c1. The zero-order valence-electron chi connectivity index (χ0n) is 12.5. The minimum atomic E-state index is 0.265. The van der Waals surface area contributed by atoms with Gasteiger partial charge in [-0.05, 0) is 45.1 Å². The lowest BCUT2D eigenvalue weighted by atomic mass is 10.1. The molecule has 0 fully saturated rings. The van der Waals surface area contributed by atoms with Crippen molar-refractivity contribution in [3.05, 3.63) is 23.8 Å². The smallest absolute Gasteiger partial charge is 0.187 e. The van der Waals surface area contributed by atoms with Gasteiger partial charge in [0.15, 0.2) is 5.11 Å². The first-order valence-electron chi connectivity index (χ1n) is 6.31. The van der Waals surface area contributed by atoms with Crippen molar-refractivity contribution in [3.63, 3.8) is 0 Å². The molecule has 1 rings (SSSR count). The Bertz CT molecular complexity index is 501. The number of thiocarbonyl (C=S) groups is 1. The molecule has 0 aliphatic rings. The average Bonchev–Trinajstić information content (AvgIpc) is 2.43. The molecule has 0 radical (unpaired) electrons. The van der Waals surface area contributed by atoms with E-state index in [1.165, 1.54) is 0 Å². The van der Waals surface area contributed by atoms with Crippen LogP contribution in [0, 0.1) is 0 Å². The Labute approximate surface area is 125 Å². The van der Waals surface area contributed by atoms with E-state index in [0.29, 0.717) is 10.9 Å². The molecule has 6 heteroatoms. The van der Waals surface area contributed by atoms with E-state index >= 15 is 0 Å². The number of methoxy groups -OCH3 is 2. The van der Waals surface area contributed by atoms with E-state index in [1.807, 2.05) is 39.0 Å². The standard InChI is InChI=1S/C14H21N3O2S/c1-9(2)15-14(20)17-16-10(3)12-7-6-11(18-4)8-13(12)19-5/h6-9H,1-5H3,(H2,15,17,20). The van der Waals surface area contributed by atoms with Gasteiger partial charge >= 0.3 is 0 Å². The van der Waals surface area contributed by atoms with Crippen LogP contribution in [0.1, 0.15) is 26.3 Å². The molecule has 1 aromatic rings. The summed E-state index contributed by atoms with van der Waals surface area (Å²) in [6.45, 7) is 5.91. The van der Waals surface area contributed by atoms with E-state index in [0.717, 1.165) is 17.0 Å². The normalized spacial score (nSPS) is 11.2. The van der Waals surface area contributed by atoms with Crippen molar-refractivity contribution in [2.24, 2.45) is 5.10 Å². The molecular weight excluding hydrogens is 274 g/mol. The molecular formula is C14H21N3O2S. The summed E-state index contributed by atoms with van der Waals surface area (Å²) in [6.07, 6.45) is 0. The Hall–Kier alpha value is -1.82. The lowest BCUT2D eigenvalue weighted by Gasteiger charge is -2.12. The summed E-state index contributed by atoms with van der Waals surface area (Å²) in [6, 6.07) is 5.85. The summed E-state index contributed by atoms with van der Waals surface area (Å²) in [7, 11) is 3.23. The molecule has 0 aliphatic carbocycles. The molecule has 110 valence electrons. The van der Waals surface area contributed by atoms with Crippen LogP contribution in [0.4, 0.5) is 0 Å². The number of ether oxygens (including phenoxy) is 2. The number of hydrogen-bond donors (Lipinski definition) is 2. The summed E-state index contributed by atoms with van der Waals surface area (Å²) in [5.74, 6) is 1.44. The van der Waals surface area contributed by atoms with Crippen molar-refractivity contribution in [2.75, 3.05) is 14.2 Å². The molecule has 0 heterocycles. The molecule has 0 unspecified atom stereocenters. The predicted molar refractivity (Wildman–Crippen MR) is 85.8 cm³/mol. The van der Waals surface area contributed by atoms with Gasteiger partial charge in [0.1, 0.15) is 11.5 Å². The van der Waals surface area contributed by atoms with Gasteiger partial charge in [-0.15, -0.1) is 0 Å². The molecule has 0 spiro atoms. The second-order valence-electron chi connectivity index (χ2n) is 4.50. The number of nitrogens with zero attached hydrogens (tertiary/aromatic N) is 1. The van der Waals surface area contributed by atoms with E-state index in [4.69, 9.17) is 21.7 Å². The maximum Gasteiger partial charge on any atom is 0.187 e. The van der Waals surface area contributed by atoms with Gasteiger partial charge in [0.25, 0.3) is 0 Å². The Kier molecular flexibility index (Phi) is 6.24. The highest BCUT2D eigenvalue weighted by Crippen LogP contribution is 2.24. The topological polar surface area (TPSA) is 54.9 Å². The van der Waals surface area contributed by atoms with Crippen LogP contribution >= 0.6 is 12.2 Å². The van der Waals surface area contributed by atoms with Crippen LogP contribution in [-0.4, -0.2) is 31.1 Å². The second-order valence-corrected chi connectivity index (χ2v) is 4.91. The quantitative estimate of drug-likeness (QED) is 0.496. The summed E-state index contributed by atoms with van der Waals surface area (Å²) < 4.78 is 10.5. The summed E-state index contributed by atoms with van der Waals surface area (Å²) in [5, 5.41) is 7.80. The number of hydrazone groups is 1. The Morgan fingerprint density at radius 2 is 1.95 bits per heavy atom. The molecule has 0 atom stereocenters. The van der Waals surface area contributed by atoms with Crippen molar-refractivity contribution in [2.45, 2.75) is 26.8 Å². The van der Waals surface area contributed by atoms with Crippen LogP contribution in [-0.2, 0) is 0 Å². The molecule has 0 amide bonds. The van der Waals surface area contributed by atoms with E-state index in [1.54, 1.807) is 14.2 Å². The minimum Gasteiger partial charge on any atom is -0.497 e. The highest BCUT2D eigenvalue weighted by Gasteiger charge is 2.08. The number of rotatable bonds is 5. The summed E-state index contributed by atoms with van der Waals surface area (Å²) in [5.41, 5.74) is 4.47. The third-order valence-corrected chi connectivity index (χ3v) is 2.75. The Morgan fingerprint density at radius 3 is 2.50 bits per heavy atom. The first-order chi connectivity index (χ1) is 9.47. The first kappa shape index (κ1) is 16.2. The lowest BCUT2D eigenvalue weighted by Crippen LogP contribution is -2.37. The molecule has 1 aromatic carbocycles. The number of nitrogens with one attached hydrogen (secondary N) is 2. The van der Waals surface area contributed by atoms with Gasteiger partial charge in [-0.25, -0.2) is 0 Å². The van der Waals surface area contributed by atoms with Crippen LogP contribution < -0.4 is 20.2 Å². The largest absolute Gasteiger partial charge is 0.497 e. The minimum absolute atomic E-state index is 0.265. The average molecular weight is 295 g/mol. The Morgan fingerprint density at radius 1 is 1.25 bits per heavy atom. The van der Waals surface area contributed by atoms with Crippen molar-refractivity contribution < 1.29 is 9.47 Å². The van der Waals surface area contributed by atoms with Crippen molar-refractivity contribution in [3.8, 4) is 11.5 Å². The maximum absolute atomic E-state index is 5.34. The van der Waals surface area contributed by atoms with Crippen molar-refractivity contribution >= 4 is 23.0 Å². The van der Waals surface area contributed by atoms with Crippen LogP contribution in [0.25, 0.3) is 0 Å². The zero-order valence-corrected chi connectivity index (χ0v) is 13.3. The molecule has 0 bridgehead atoms. The summed E-state index contributed by atoms with van der Waals surface area (Å²) >= 11 is 5.12. The van der Waals surface area contributed by atoms with E-state index in [9.17, 15) is 0 Å². The van der Waals surface area contributed by atoms with Crippen molar-refractivity contribution in [1.82, 2.24) is 10.7 Å². The maximum atomic E-state index is 5.34. The second kappa shape index (κ2) is 7.69. The van der Waals surface area contributed by atoms with Gasteiger partial charge in [0.05, 0.1) is 19.9 Å². The fraction of sp³-hybridized carbons (Fsp3) is 0.429. The van der Waals surface area contributed by atoms with Gasteiger partial charge in [-0.3, -0.25) is 5.43 Å². The van der Waals surface area contributed by atoms with Crippen LogP contribution in [0.2, 0.25) is 0 Å². The summed E-state index contributed by atoms with van der Waals surface area (Å²) in [4.78, 5) is 0. The fourth-order valence-corrected chi connectivity index (χ4v) is 1.87. The van der Waals surface area contributed by atoms with Crippen LogP contribution in [0.5, 0.6) is 11.5 Å². The van der Waals surface area contributed by atoms with E-state index < -0.39 is 0 Å². The van der Waals surface area contributed by atoms with Crippen molar-refractivity contribution in [1.29, 1.82) is 0 Å². The monoisotopic (exact) mass is 295 g/mol. The van der Waals surface area contributed by atoms with Gasteiger partial charge in [-0.1, -0.05) is 0 Å². The third-order valence-electron chi connectivity index (χ3n) is 2.54. The zero-order chi connectivity index (χ0) is 15.1.